The van der Waals surface area contributed by atoms with Crippen LogP contribution < -0.4 is 42.4 Å². The molecule has 0 aromatic heterocycles. The Bertz CT molecular complexity index is 494. The van der Waals surface area contributed by atoms with Gasteiger partial charge in [0.25, 0.3) is 0 Å². The molecule has 0 saturated carbocycles. The van der Waals surface area contributed by atoms with E-state index in [4.69, 9.17) is 0 Å². The molecule has 0 nitrogen and oxygen atoms in total. The van der Waals surface area contributed by atoms with E-state index in [0.29, 0.717) is 5.04 Å². The Morgan fingerprint density at radius 2 is 1.77 bits per heavy atom. The van der Waals surface area contributed by atoms with Crippen LogP contribution in [0.3, 0.4) is 0 Å². The molecule has 1 atom stereocenters. The largest absolute Gasteiger partial charge is 4.00 e. The number of halogens is 3. The third-order valence-electron chi connectivity index (χ3n) is 4.45. The molecule has 1 aliphatic carbocycles. The van der Waals surface area contributed by atoms with E-state index in [1.807, 2.05) is 0 Å². The second kappa shape index (κ2) is 12.1. The van der Waals surface area contributed by atoms with Crippen LogP contribution in [0.25, 0.3) is 0 Å². The fraction of sp³-hybridized carbons (Fsp3) is 0.471. The molecular weight excluding hydrogens is 386 g/mol. The van der Waals surface area contributed by atoms with E-state index in [-0.39, 0.29) is 68.5 Å². The SMILES string of the molecule is CCCC1([SiH2][c-]2c(C)cc(C)c2C)C=CC=CC1.[Cl-].[Cl-].[Cl-].[Ti+4]. The maximum absolute atomic E-state index is 2.50. The van der Waals surface area contributed by atoms with Gasteiger partial charge in [-0.2, -0.15) is 21.9 Å². The Kier molecular flexibility index (Phi) is 15.1. The Morgan fingerprint density at radius 3 is 2.18 bits per heavy atom. The first-order chi connectivity index (χ1) is 8.58. The van der Waals surface area contributed by atoms with Crippen LogP contribution in [0.5, 0.6) is 0 Å². The van der Waals surface area contributed by atoms with Crippen LogP contribution in [0.2, 0.25) is 5.04 Å². The maximum atomic E-state index is 2.50. The van der Waals surface area contributed by atoms with Crippen LogP contribution in [-0.2, 0) is 21.7 Å². The van der Waals surface area contributed by atoms with E-state index in [1.54, 1.807) is 10.8 Å². The van der Waals surface area contributed by atoms with E-state index in [0.717, 1.165) is 0 Å². The monoisotopic (exact) mass is 410 g/mol. The van der Waals surface area contributed by atoms with Crippen molar-refractivity contribution < 1.29 is 58.9 Å². The van der Waals surface area contributed by atoms with E-state index in [9.17, 15) is 0 Å². The van der Waals surface area contributed by atoms with Gasteiger partial charge in [0.05, 0.1) is 0 Å². The van der Waals surface area contributed by atoms with Crippen molar-refractivity contribution in [2.45, 2.75) is 52.0 Å². The molecule has 0 spiro atoms. The zero-order valence-electron chi connectivity index (χ0n) is 13.8. The first kappa shape index (κ1) is 27.5. The topological polar surface area (TPSA) is 0 Å². The summed E-state index contributed by atoms with van der Waals surface area (Å²) in [6, 6.07) is 2.37. The average Bonchev–Trinajstić information content (AvgIpc) is 2.58. The Labute approximate surface area is 171 Å². The van der Waals surface area contributed by atoms with Crippen LogP contribution in [0, 0.1) is 20.8 Å². The summed E-state index contributed by atoms with van der Waals surface area (Å²) in [6.45, 7) is 9.18. The molecule has 0 bridgehead atoms. The fourth-order valence-electron chi connectivity index (χ4n) is 3.29. The number of hydrogen-bond acceptors (Lipinski definition) is 0. The van der Waals surface area contributed by atoms with Gasteiger partial charge in [-0.1, -0.05) is 58.4 Å². The van der Waals surface area contributed by atoms with Crippen molar-refractivity contribution in [2.75, 3.05) is 0 Å². The van der Waals surface area contributed by atoms with Crippen LogP contribution in [0.4, 0.5) is 0 Å². The van der Waals surface area contributed by atoms with Gasteiger partial charge in [0.1, 0.15) is 0 Å². The summed E-state index contributed by atoms with van der Waals surface area (Å²) >= 11 is 0. The Morgan fingerprint density at radius 1 is 1.14 bits per heavy atom. The number of hydrogen-bond donors (Lipinski definition) is 0. The number of rotatable bonds is 4. The van der Waals surface area contributed by atoms with Crippen molar-refractivity contribution in [3.63, 3.8) is 0 Å². The third-order valence-corrected chi connectivity index (χ3v) is 7.47. The summed E-state index contributed by atoms with van der Waals surface area (Å²) in [5.41, 5.74) is 4.59. The third kappa shape index (κ3) is 6.26. The summed E-state index contributed by atoms with van der Waals surface area (Å²) < 4.78 is 0. The minimum absolute atomic E-state index is 0. The molecule has 1 aliphatic rings. The molecule has 1 aromatic carbocycles. The first-order valence-corrected chi connectivity index (χ1v) is 8.56. The summed E-state index contributed by atoms with van der Waals surface area (Å²) in [4.78, 5) is 0. The molecule has 0 saturated heterocycles. The van der Waals surface area contributed by atoms with Crippen molar-refractivity contribution >= 4 is 14.7 Å². The molecule has 5 heteroatoms. The standard InChI is InChI=1S/C17H25Si.3ClH.Ti/c1-5-9-17(10-7-6-8-11-17)18-16-14(3)12-13(2)15(16)4;;;;/h6-8,10,12H,5,9,11,18H2,1-4H3;3*1H;/q-1;;;;+4/p-3. The molecule has 1 aromatic rings. The molecule has 0 amide bonds. The number of aryl methyl sites for hydroxylation is 2. The zero-order valence-corrected chi connectivity index (χ0v) is 19.1. The normalized spacial score (nSPS) is 19.1. The molecule has 122 valence electrons. The van der Waals surface area contributed by atoms with Crippen molar-refractivity contribution in [3.05, 3.63) is 47.1 Å². The molecule has 2 rings (SSSR count). The van der Waals surface area contributed by atoms with Gasteiger partial charge in [-0.3, -0.25) is 0 Å². The van der Waals surface area contributed by atoms with Crippen LogP contribution in [0.15, 0.2) is 30.4 Å². The van der Waals surface area contributed by atoms with Gasteiger partial charge in [-0.25, -0.2) is 6.07 Å². The molecule has 0 N–H and O–H groups in total. The smallest absolute Gasteiger partial charge is 1.00 e. The minimum Gasteiger partial charge on any atom is -1.00 e. The van der Waals surface area contributed by atoms with E-state index >= 15 is 0 Å². The Hall–Kier alpha value is 0.631. The molecule has 0 radical (unpaired) electrons. The summed E-state index contributed by atoms with van der Waals surface area (Å²) in [6.07, 6.45) is 13.2. The zero-order chi connectivity index (χ0) is 13.2. The average molecular weight is 412 g/mol. The van der Waals surface area contributed by atoms with Gasteiger partial charge in [-0.15, -0.1) is 0 Å². The van der Waals surface area contributed by atoms with Crippen molar-refractivity contribution in [1.29, 1.82) is 0 Å². The van der Waals surface area contributed by atoms with Crippen LogP contribution in [-0.4, -0.2) is 9.52 Å². The van der Waals surface area contributed by atoms with Gasteiger partial charge >= 0.3 is 21.7 Å². The predicted octanol–water partition coefficient (Wildman–Crippen LogP) is -5.39. The second-order valence-electron chi connectivity index (χ2n) is 5.89. The molecule has 1 unspecified atom stereocenters. The van der Waals surface area contributed by atoms with Gasteiger partial charge in [0.2, 0.25) is 0 Å². The number of allylic oxidation sites excluding steroid dienone is 4. The summed E-state index contributed by atoms with van der Waals surface area (Å²) in [7, 11) is -0.250. The van der Waals surface area contributed by atoms with Crippen LogP contribution >= 0.6 is 0 Å². The van der Waals surface area contributed by atoms with E-state index in [2.05, 4.69) is 58.1 Å². The van der Waals surface area contributed by atoms with Gasteiger partial charge < -0.3 is 37.2 Å². The van der Waals surface area contributed by atoms with E-state index in [1.165, 1.54) is 30.4 Å². The van der Waals surface area contributed by atoms with Crippen molar-refractivity contribution in [2.24, 2.45) is 0 Å². The van der Waals surface area contributed by atoms with Crippen molar-refractivity contribution in [3.8, 4) is 0 Å². The summed E-state index contributed by atoms with van der Waals surface area (Å²) in [5, 5.41) is 2.22. The van der Waals surface area contributed by atoms with Crippen molar-refractivity contribution in [1.82, 2.24) is 0 Å². The quantitative estimate of drug-likeness (QED) is 0.343. The molecule has 0 heterocycles. The molecule has 0 aliphatic heterocycles. The van der Waals surface area contributed by atoms with Gasteiger partial charge in [0.15, 0.2) is 0 Å². The van der Waals surface area contributed by atoms with Crippen LogP contribution in [0.1, 0.15) is 42.9 Å². The molecular formula is C17H25Cl3SiTi. The Balaban J connectivity index is -0.000000902. The van der Waals surface area contributed by atoms with E-state index < -0.39 is 0 Å². The molecule has 22 heavy (non-hydrogen) atoms. The predicted molar refractivity (Wildman–Crippen MR) is 84.9 cm³/mol. The second-order valence-corrected chi connectivity index (χ2v) is 8.36. The minimum atomic E-state index is -0.250. The van der Waals surface area contributed by atoms with Gasteiger partial charge in [0, 0.05) is 9.52 Å². The summed E-state index contributed by atoms with van der Waals surface area (Å²) in [5.74, 6) is 0. The van der Waals surface area contributed by atoms with Gasteiger partial charge in [-0.05, 0) is 17.9 Å². The molecule has 0 fully saturated rings. The maximum Gasteiger partial charge on any atom is 4.00 e. The first-order valence-electron chi connectivity index (χ1n) is 7.15. The fourth-order valence-corrected chi connectivity index (χ4v) is 6.01.